The predicted octanol–water partition coefficient (Wildman–Crippen LogP) is 4.71. The molecular weight excluding hydrogens is 436 g/mol. The van der Waals surface area contributed by atoms with Gasteiger partial charge >= 0.3 is 0 Å². The molecule has 0 radical (unpaired) electrons. The van der Waals surface area contributed by atoms with Crippen LogP contribution in [-0.2, 0) is 11.3 Å². The molecule has 5 rings (SSSR count). The monoisotopic (exact) mass is 464 g/mol. The number of amides is 2. The van der Waals surface area contributed by atoms with Gasteiger partial charge in [-0.3, -0.25) is 9.59 Å². The number of hydrogen-bond donors (Lipinski definition) is 1. The summed E-state index contributed by atoms with van der Waals surface area (Å²) >= 11 is 0. The molecule has 1 aliphatic rings. The fourth-order valence-corrected chi connectivity index (χ4v) is 4.49. The molecule has 4 aromatic rings. The molecular formula is C29H28N4O2. The summed E-state index contributed by atoms with van der Waals surface area (Å²) in [5.41, 5.74) is 4.17. The Labute approximate surface area is 205 Å². The van der Waals surface area contributed by atoms with Gasteiger partial charge in [0.15, 0.2) is 0 Å². The van der Waals surface area contributed by atoms with Crippen molar-refractivity contribution in [3.05, 3.63) is 108 Å². The molecule has 1 aromatic heterocycles. The average molecular weight is 465 g/mol. The molecule has 1 fully saturated rings. The minimum absolute atomic E-state index is 0.0571. The number of rotatable bonds is 6. The molecule has 0 saturated carbocycles. The summed E-state index contributed by atoms with van der Waals surface area (Å²) in [7, 11) is 0. The average Bonchev–Trinajstić information content (AvgIpc) is 3.39. The van der Waals surface area contributed by atoms with Crippen LogP contribution in [-0.4, -0.2) is 39.6 Å². The van der Waals surface area contributed by atoms with E-state index >= 15 is 0 Å². The minimum atomic E-state index is -0.0818. The van der Waals surface area contributed by atoms with Gasteiger partial charge in [0, 0.05) is 31.1 Å². The van der Waals surface area contributed by atoms with Crippen molar-refractivity contribution in [1.29, 1.82) is 0 Å². The predicted molar refractivity (Wildman–Crippen MR) is 136 cm³/mol. The zero-order valence-electron chi connectivity index (χ0n) is 19.5. The van der Waals surface area contributed by atoms with Gasteiger partial charge in [0.1, 0.15) is 5.69 Å². The Hall–Kier alpha value is -4.19. The lowest BCUT2D eigenvalue weighted by molar-refractivity contribution is -0.126. The third-order valence-corrected chi connectivity index (χ3v) is 6.46. The second kappa shape index (κ2) is 10.4. The molecule has 0 aliphatic carbocycles. The summed E-state index contributed by atoms with van der Waals surface area (Å²) in [5.74, 6) is -0.0880. The number of likely N-dealkylation sites (tertiary alicyclic amines) is 1. The Bertz CT molecular complexity index is 1280. The van der Waals surface area contributed by atoms with E-state index in [-0.39, 0.29) is 17.7 Å². The van der Waals surface area contributed by atoms with E-state index in [2.05, 4.69) is 5.32 Å². The van der Waals surface area contributed by atoms with Gasteiger partial charge in [-0.25, -0.2) is 4.68 Å². The first-order valence-corrected chi connectivity index (χ1v) is 12.0. The lowest BCUT2D eigenvalue weighted by atomic mass is 9.95. The summed E-state index contributed by atoms with van der Waals surface area (Å²) in [4.78, 5) is 28.1. The van der Waals surface area contributed by atoms with E-state index in [4.69, 9.17) is 5.10 Å². The van der Waals surface area contributed by atoms with Crippen LogP contribution in [0.15, 0.2) is 97.1 Å². The quantitative estimate of drug-likeness (QED) is 0.450. The van der Waals surface area contributed by atoms with E-state index < -0.39 is 0 Å². The van der Waals surface area contributed by atoms with Crippen LogP contribution in [0, 0.1) is 5.92 Å². The second-order valence-corrected chi connectivity index (χ2v) is 8.80. The molecule has 1 aliphatic heterocycles. The summed E-state index contributed by atoms with van der Waals surface area (Å²) in [6.45, 7) is 1.61. The topological polar surface area (TPSA) is 67.2 Å². The third-order valence-electron chi connectivity index (χ3n) is 6.46. The summed E-state index contributed by atoms with van der Waals surface area (Å²) in [6.07, 6.45) is 1.30. The Morgan fingerprint density at radius 3 is 2.09 bits per heavy atom. The van der Waals surface area contributed by atoms with Crippen LogP contribution < -0.4 is 5.32 Å². The van der Waals surface area contributed by atoms with Gasteiger partial charge in [0.25, 0.3) is 5.91 Å². The largest absolute Gasteiger partial charge is 0.352 e. The second-order valence-electron chi connectivity index (χ2n) is 8.80. The van der Waals surface area contributed by atoms with Gasteiger partial charge in [-0.2, -0.15) is 5.10 Å². The van der Waals surface area contributed by atoms with Crippen molar-refractivity contribution < 1.29 is 9.59 Å². The van der Waals surface area contributed by atoms with E-state index in [1.54, 1.807) is 4.68 Å². The number of carbonyl (C=O) groups is 2. The van der Waals surface area contributed by atoms with E-state index in [1.807, 2.05) is 102 Å². The molecule has 6 nitrogen and oxygen atoms in total. The van der Waals surface area contributed by atoms with Crippen molar-refractivity contribution in [3.63, 3.8) is 0 Å². The van der Waals surface area contributed by atoms with Gasteiger partial charge < -0.3 is 10.2 Å². The molecule has 0 bridgehead atoms. The highest BCUT2D eigenvalue weighted by molar-refractivity contribution is 5.94. The fourth-order valence-electron chi connectivity index (χ4n) is 4.49. The first-order valence-electron chi connectivity index (χ1n) is 12.0. The highest BCUT2D eigenvalue weighted by Crippen LogP contribution is 2.25. The first-order chi connectivity index (χ1) is 17.2. The number of hydrogen-bond acceptors (Lipinski definition) is 3. The molecule has 2 heterocycles. The summed E-state index contributed by atoms with van der Waals surface area (Å²) < 4.78 is 1.73. The van der Waals surface area contributed by atoms with Crippen LogP contribution in [0.2, 0.25) is 0 Å². The van der Waals surface area contributed by atoms with Gasteiger partial charge in [-0.15, -0.1) is 0 Å². The van der Waals surface area contributed by atoms with Crippen molar-refractivity contribution in [2.45, 2.75) is 19.4 Å². The number of para-hydroxylation sites is 1. The Kier molecular flexibility index (Phi) is 6.70. The van der Waals surface area contributed by atoms with Crippen molar-refractivity contribution >= 4 is 11.8 Å². The van der Waals surface area contributed by atoms with Crippen molar-refractivity contribution in [2.75, 3.05) is 13.1 Å². The molecule has 1 saturated heterocycles. The maximum atomic E-state index is 13.6. The van der Waals surface area contributed by atoms with E-state index in [9.17, 15) is 9.59 Å². The van der Waals surface area contributed by atoms with Crippen LogP contribution in [0.5, 0.6) is 0 Å². The van der Waals surface area contributed by atoms with Crippen LogP contribution in [0.25, 0.3) is 16.9 Å². The van der Waals surface area contributed by atoms with E-state index in [0.717, 1.165) is 22.5 Å². The van der Waals surface area contributed by atoms with Crippen LogP contribution in [0.4, 0.5) is 0 Å². The number of nitrogens with zero attached hydrogens (tertiary/aromatic N) is 3. The molecule has 2 amide bonds. The lowest BCUT2D eigenvalue weighted by Gasteiger charge is -2.31. The highest BCUT2D eigenvalue weighted by atomic mass is 16.2. The SMILES string of the molecule is O=C(NCc1ccccc1)C1CCN(C(=O)c2cc(-c3ccccc3)nn2-c2ccccc2)CC1. The number of carbonyl (C=O) groups excluding carboxylic acids is 2. The van der Waals surface area contributed by atoms with Gasteiger partial charge in [0.2, 0.25) is 5.91 Å². The minimum Gasteiger partial charge on any atom is -0.352 e. The molecule has 6 heteroatoms. The zero-order valence-corrected chi connectivity index (χ0v) is 19.5. The Morgan fingerprint density at radius 1 is 0.829 bits per heavy atom. The van der Waals surface area contributed by atoms with E-state index in [1.165, 1.54) is 0 Å². The lowest BCUT2D eigenvalue weighted by Crippen LogP contribution is -2.43. The highest BCUT2D eigenvalue weighted by Gasteiger charge is 2.30. The van der Waals surface area contributed by atoms with Crippen molar-refractivity contribution in [2.24, 2.45) is 5.92 Å². The van der Waals surface area contributed by atoms with Crippen LogP contribution >= 0.6 is 0 Å². The first kappa shape index (κ1) is 22.6. The standard InChI is InChI=1S/C29H28N4O2/c34-28(30-21-22-10-4-1-5-11-22)24-16-18-32(19-17-24)29(35)27-20-26(23-12-6-2-7-13-23)31-33(27)25-14-8-3-9-15-25/h1-15,20,24H,16-19,21H2,(H,30,34). The smallest absolute Gasteiger partial charge is 0.272 e. The Morgan fingerprint density at radius 2 is 1.43 bits per heavy atom. The molecule has 0 spiro atoms. The molecule has 0 unspecified atom stereocenters. The molecule has 3 aromatic carbocycles. The van der Waals surface area contributed by atoms with Gasteiger partial charge in [0.05, 0.1) is 11.4 Å². The van der Waals surface area contributed by atoms with Gasteiger partial charge in [-0.05, 0) is 36.6 Å². The number of aromatic nitrogens is 2. The molecule has 1 N–H and O–H groups in total. The number of piperidine rings is 1. The maximum Gasteiger partial charge on any atom is 0.272 e. The third kappa shape index (κ3) is 5.17. The number of benzene rings is 3. The van der Waals surface area contributed by atoms with E-state index in [0.29, 0.717) is 38.2 Å². The summed E-state index contributed by atoms with van der Waals surface area (Å²) in [5, 5.41) is 7.81. The normalized spacial score (nSPS) is 14.0. The maximum absolute atomic E-state index is 13.6. The van der Waals surface area contributed by atoms with Crippen molar-refractivity contribution in [3.8, 4) is 16.9 Å². The van der Waals surface area contributed by atoms with Gasteiger partial charge in [-0.1, -0.05) is 78.9 Å². The molecule has 176 valence electrons. The zero-order chi connectivity index (χ0) is 24.0. The van der Waals surface area contributed by atoms with Crippen LogP contribution in [0.1, 0.15) is 28.9 Å². The number of nitrogens with one attached hydrogen (secondary N) is 1. The van der Waals surface area contributed by atoms with Crippen molar-refractivity contribution in [1.82, 2.24) is 20.0 Å². The summed E-state index contributed by atoms with van der Waals surface area (Å²) in [6, 6.07) is 31.4. The molecule has 35 heavy (non-hydrogen) atoms. The Balaban J connectivity index is 1.29. The molecule has 0 atom stereocenters. The fraction of sp³-hybridized carbons (Fsp3) is 0.207. The van der Waals surface area contributed by atoms with Crippen LogP contribution in [0.3, 0.4) is 0 Å².